The van der Waals surface area contributed by atoms with Crippen LogP contribution in [0.25, 0.3) is 0 Å². The van der Waals surface area contributed by atoms with Crippen LogP contribution in [0.4, 0.5) is 4.79 Å². The van der Waals surface area contributed by atoms with Gasteiger partial charge in [-0.05, 0) is 39.4 Å². The molecule has 0 radical (unpaired) electrons. The number of aliphatic carboxylic acids is 1. The van der Waals surface area contributed by atoms with Crippen LogP contribution in [0.5, 0.6) is 0 Å². The number of carboxylic acids is 1. The van der Waals surface area contributed by atoms with Gasteiger partial charge in [0.05, 0.1) is 6.61 Å². The molecule has 0 spiro atoms. The van der Waals surface area contributed by atoms with Crippen molar-refractivity contribution in [2.24, 2.45) is 0 Å². The van der Waals surface area contributed by atoms with Crippen LogP contribution in [0.15, 0.2) is 0 Å². The first-order valence-corrected chi connectivity index (χ1v) is 7.72. The maximum Gasteiger partial charge on any atom is 0.516 e. The van der Waals surface area contributed by atoms with Crippen LogP contribution in [0.1, 0.15) is 53.4 Å². The van der Waals surface area contributed by atoms with Gasteiger partial charge in [-0.25, -0.2) is 4.79 Å². The third kappa shape index (κ3) is 16.4. The van der Waals surface area contributed by atoms with Gasteiger partial charge in [0, 0.05) is 12.8 Å². The summed E-state index contributed by atoms with van der Waals surface area (Å²) in [7, 11) is 0. The molecule has 0 aliphatic carbocycles. The second kappa shape index (κ2) is 15.8. The van der Waals surface area contributed by atoms with Crippen LogP contribution >= 0.6 is 0 Å². The van der Waals surface area contributed by atoms with Crippen LogP contribution in [0, 0.1) is 0 Å². The molecule has 0 amide bonds. The molecule has 0 saturated carbocycles. The summed E-state index contributed by atoms with van der Waals surface area (Å²) in [5.41, 5.74) is 0. The second-order valence-corrected chi connectivity index (χ2v) is 4.38. The van der Waals surface area contributed by atoms with Crippen molar-refractivity contribution in [3.63, 3.8) is 0 Å². The van der Waals surface area contributed by atoms with E-state index < -0.39 is 18.1 Å². The number of carbonyl (C=O) groups excluding carboxylic acids is 2. The quantitative estimate of drug-likeness (QED) is 0.397. The lowest BCUT2D eigenvalue weighted by atomic mass is 10.2. The van der Waals surface area contributed by atoms with Crippen LogP contribution in [-0.2, 0) is 19.1 Å². The summed E-state index contributed by atoms with van der Waals surface area (Å²) in [6.07, 6.45) is -0.225. The molecule has 0 saturated heterocycles. The first-order chi connectivity index (χ1) is 10.4. The minimum absolute atomic E-state index is 0.00663. The molecule has 0 aromatic heterocycles. The summed E-state index contributed by atoms with van der Waals surface area (Å²) in [4.78, 5) is 34.0. The predicted molar refractivity (Wildman–Crippen MR) is 82.7 cm³/mol. The number of carbonyl (C=O) groups is 3. The van der Waals surface area contributed by atoms with Gasteiger partial charge < -0.3 is 19.5 Å². The van der Waals surface area contributed by atoms with Crippen molar-refractivity contribution < 1.29 is 29.0 Å². The molecule has 0 aliphatic heterocycles. The minimum atomic E-state index is -1.01. The van der Waals surface area contributed by atoms with Crippen molar-refractivity contribution in [2.75, 3.05) is 26.2 Å². The molecule has 0 bridgehead atoms. The van der Waals surface area contributed by atoms with Gasteiger partial charge in [0.25, 0.3) is 0 Å². The molecule has 130 valence electrons. The molecule has 1 N–H and O–H groups in total. The number of hydrogen-bond donors (Lipinski definition) is 1. The molecule has 22 heavy (non-hydrogen) atoms. The SMILES string of the molecule is CCN(CC)CC.CCOC(=O)OC(=O)CCCCC(=O)O. The normalized spacial score (nSPS) is 9.68. The Hall–Kier alpha value is -1.63. The van der Waals surface area contributed by atoms with Crippen molar-refractivity contribution in [3.8, 4) is 0 Å². The van der Waals surface area contributed by atoms with Gasteiger partial charge in [-0.3, -0.25) is 9.59 Å². The summed E-state index contributed by atoms with van der Waals surface area (Å²) >= 11 is 0. The molecule has 0 aromatic carbocycles. The molecular weight excluding hydrogens is 290 g/mol. The molecule has 0 unspecified atom stereocenters. The summed E-state index contributed by atoms with van der Waals surface area (Å²) in [5.74, 6) is -1.60. The summed E-state index contributed by atoms with van der Waals surface area (Å²) in [6, 6.07) is 0. The predicted octanol–water partition coefficient (Wildman–Crippen LogP) is 2.68. The number of carboxylic acid groups (broad SMARTS) is 1. The summed E-state index contributed by atoms with van der Waals surface area (Å²) in [6.45, 7) is 11.9. The molecule has 0 fully saturated rings. The topological polar surface area (TPSA) is 93.1 Å². The highest BCUT2D eigenvalue weighted by atomic mass is 16.7. The number of esters is 1. The maximum atomic E-state index is 10.9. The van der Waals surface area contributed by atoms with Crippen LogP contribution < -0.4 is 0 Å². The molecule has 0 aromatic rings. The van der Waals surface area contributed by atoms with E-state index in [-0.39, 0.29) is 19.4 Å². The van der Waals surface area contributed by atoms with E-state index in [9.17, 15) is 14.4 Å². The Morgan fingerprint density at radius 2 is 1.41 bits per heavy atom. The standard InChI is InChI=1S/C9H14O6.C6H15N/c1-2-14-9(13)15-8(12)6-4-3-5-7(10)11;1-4-7(5-2)6-3/h2-6H2,1H3,(H,10,11);4-6H2,1-3H3. The van der Waals surface area contributed by atoms with E-state index in [1.54, 1.807) is 6.92 Å². The number of hydrogen-bond acceptors (Lipinski definition) is 6. The number of ether oxygens (including phenoxy) is 2. The largest absolute Gasteiger partial charge is 0.516 e. The highest BCUT2D eigenvalue weighted by Crippen LogP contribution is 2.02. The molecule has 0 aliphatic rings. The van der Waals surface area contributed by atoms with Crippen molar-refractivity contribution >= 4 is 18.1 Å². The van der Waals surface area contributed by atoms with E-state index in [2.05, 4.69) is 35.1 Å². The maximum absolute atomic E-state index is 10.9. The molecule has 0 atom stereocenters. The Labute approximate surface area is 132 Å². The Bertz CT molecular complexity index is 310. The van der Waals surface area contributed by atoms with Crippen molar-refractivity contribution in [3.05, 3.63) is 0 Å². The zero-order valence-electron chi connectivity index (χ0n) is 14.1. The summed E-state index contributed by atoms with van der Waals surface area (Å²) < 4.78 is 8.63. The zero-order chi connectivity index (χ0) is 17.4. The molecule has 7 nitrogen and oxygen atoms in total. The molecule has 0 rings (SSSR count). The molecular formula is C15H29NO6. The van der Waals surface area contributed by atoms with Gasteiger partial charge in [-0.1, -0.05) is 20.8 Å². The van der Waals surface area contributed by atoms with Crippen molar-refractivity contribution in [1.82, 2.24) is 4.90 Å². The molecule has 7 heteroatoms. The number of nitrogens with zero attached hydrogens (tertiary/aromatic N) is 1. The lowest BCUT2D eigenvalue weighted by molar-refractivity contribution is -0.141. The van der Waals surface area contributed by atoms with Gasteiger partial charge in [0.15, 0.2) is 0 Å². The Morgan fingerprint density at radius 1 is 0.909 bits per heavy atom. The highest BCUT2D eigenvalue weighted by Gasteiger charge is 2.10. The van der Waals surface area contributed by atoms with Gasteiger partial charge in [0.2, 0.25) is 0 Å². The van der Waals surface area contributed by atoms with E-state index in [0.29, 0.717) is 12.8 Å². The first kappa shape index (κ1) is 22.6. The van der Waals surface area contributed by atoms with Gasteiger partial charge in [-0.15, -0.1) is 0 Å². The van der Waals surface area contributed by atoms with E-state index >= 15 is 0 Å². The zero-order valence-corrected chi connectivity index (χ0v) is 14.1. The average Bonchev–Trinajstić information content (AvgIpc) is 2.46. The Morgan fingerprint density at radius 3 is 1.77 bits per heavy atom. The first-order valence-electron chi connectivity index (χ1n) is 7.72. The van der Waals surface area contributed by atoms with Gasteiger partial charge in [-0.2, -0.15) is 0 Å². The Balaban J connectivity index is 0. The Kier molecular flexibility index (Phi) is 16.2. The van der Waals surface area contributed by atoms with Crippen molar-refractivity contribution in [1.29, 1.82) is 0 Å². The van der Waals surface area contributed by atoms with Crippen LogP contribution in [0.3, 0.4) is 0 Å². The van der Waals surface area contributed by atoms with Gasteiger partial charge in [0.1, 0.15) is 0 Å². The minimum Gasteiger partial charge on any atom is -0.481 e. The fraction of sp³-hybridized carbons (Fsp3) is 0.800. The second-order valence-electron chi connectivity index (χ2n) is 4.38. The van der Waals surface area contributed by atoms with E-state index in [0.717, 1.165) is 0 Å². The number of rotatable bonds is 9. The lowest BCUT2D eigenvalue weighted by Gasteiger charge is -2.13. The van der Waals surface area contributed by atoms with Crippen LogP contribution in [-0.4, -0.2) is 54.3 Å². The number of unbranched alkanes of at least 4 members (excludes halogenated alkanes) is 1. The highest BCUT2D eigenvalue weighted by molar-refractivity contribution is 5.81. The third-order valence-corrected chi connectivity index (χ3v) is 2.82. The summed E-state index contributed by atoms with van der Waals surface area (Å²) in [5, 5.41) is 8.30. The van der Waals surface area contributed by atoms with Crippen molar-refractivity contribution in [2.45, 2.75) is 53.4 Å². The van der Waals surface area contributed by atoms with Crippen LogP contribution in [0.2, 0.25) is 0 Å². The smallest absolute Gasteiger partial charge is 0.481 e. The third-order valence-electron chi connectivity index (χ3n) is 2.82. The average molecular weight is 319 g/mol. The molecule has 0 heterocycles. The fourth-order valence-electron chi connectivity index (χ4n) is 1.51. The van der Waals surface area contributed by atoms with Gasteiger partial charge >= 0.3 is 18.1 Å². The van der Waals surface area contributed by atoms with E-state index in [1.807, 2.05) is 0 Å². The van der Waals surface area contributed by atoms with E-state index in [1.165, 1.54) is 19.6 Å². The monoisotopic (exact) mass is 319 g/mol. The lowest BCUT2D eigenvalue weighted by Crippen LogP contribution is -2.21. The van der Waals surface area contributed by atoms with E-state index in [4.69, 9.17) is 5.11 Å². The fourth-order valence-corrected chi connectivity index (χ4v) is 1.51.